The molecule has 1 amide bonds. The van der Waals surface area contributed by atoms with Crippen molar-refractivity contribution in [2.45, 2.75) is 32.9 Å². The summed E-state index contributed by atoms with van der Waals surface area (Å²) in [7, 11) is 1.55. The molecule has 0 bridgehead atoms. The average molecular weight is 347 g/mol. The SMILES string of the molecule is COc1cc(C(C)NC(=O)c2ccc(C(=O)O)o2)ccc1OC(C)C. The Morgan fingerprint density at radius 1 is 1.08 bits per heavy atom. The van der Waals surface area contributed by atoms with E-state index in [0.717, 1.165) is 5.56 Å². The van der Waals surface area contributed by atoms with Gasteiger partial charge in [-0.25, -0.2) is 4.79 Å². The Morgan fingerprint density at radius 2 is 1.76 bits per heavy atom. The Labute approximate surface area is 145 Å². The molecule has 7 nitrogen and oxygen atoms in total. The van der Waals surface area contributed by atoms with Crippen LogP contribution in [0.5, 0.6) is 11.5 Å². The van der Waals surface area contributed by atoms with Crippen LogP contribution >= 0.6 is 0 Å². The molecule has 134 valence electrons. The molecule has 1 heterocycles. The number of aromatic carboxylic acids is 1. The monoisotopic (exact) mass is 347 g/mol. The molecule has 2 N–H and O–H groups in total. The first-order chi connectivity index (χ1) is 11.8. The van der Waals surface area contributed by atoms with Crippen molar-refractivity contribution in [2.24, 2.45) is 0 Å². The summed E-state index contributed by atoms with van der Waals surface area (Å²) in [5, 5.41) is 11.6. The maximum atomic E-state index is 12.2. The molecule has 1 unspecified atom stereocenters. The van der Waals surface area contributed by atoms with Gasteiger partial charge in [0.05, 0.1) is 19.3 Å². The maximum absolute atomic E-state index is 12.2. The molecule has 1 aromatic heterocycles. The average Bonchev–Trinajstić information content (AvgIpc) is 3.05. The molecule has 7 heteroatoms. The fourth-order valence-electron chi connectivity index (χ4n) is 2.23. The van der Waals surface area contributed by atoms with Gasteiger partial charge in [-0.3, -0.25) is 4.79 Å². The van der Waals surface area contributed by atoms with Crippen molar-refractivity contribution >= 4 is 11.9 Å². The van der Waals surface area contributed by atoms with Crippen LogP contribution in [-0.4, -0.2) is 30.2 Å². The van der Waals surface area contributed by atoms with Crippen LogP contribution in [0.3, 0.4) is 0 Å². The van der Waals surface area contributed by atoms with Crippen molar-refractivity contribution in [3.63, 3.8) is 0 Å². The molecule has 0 fully saturated rings. The molecule has 0 saturated heterocycles. The van der Waals surface area contributed by atoms with E-state index in [0.29, 0.717) is 11.5 Å². The second kappa shape index (κ2) is 7.74. The minimum Gasteiger partial charge on any atom is -0.493 e. The van der Waals surface area contributed by atoms with Crippen LogP contribution in [0.2, 0.25) is 0 Å². The van der Waals surface area contributed by atoms with Crippen LogP contribution < -0.4 is 14.8 Å². The highest BCUT2D eigenvalue weighted by molar-refractivity contribution is 5.93. The number of carboxylic acid groups (broad SMARTS) is 1. The third-order valence-electron chi connectivity index (χ3n) is 3.44. The van der Waals surface area contributed by atoms with Gasteiger partial charge >= 0.3 is 5.97 Å². The third-order valence-corrected chi connectivity index (χ3v) is 3.44. The highest BCUT2D eigenvalue weighted by Crippen LogP contribution is 2.31. The van der Waals surface area contributed by atoms with Crippen molar-refractivity contribution in [3.05, 3.63) is 47.4 Å². The van der Waals surface area contributed by atoms with E-state index in [1.807, 2.05) is 19.9 Å². The molecule has 0 saturated carbocycles. The highest BCUT2D eigenvalue weighted by Gasteiger charge is 2.18. The summed E-state index contributed by atoms with van der Waals surface area (Å²) in [6.07, 6.45) is 0.0132. The van der Waals surface area contributed by atoms with Crippen LogP contribution in [0.25, 0.3) is 0 Å². The lowest BCUT2D eigenvalue weighted by molar-refractivity contribution is 0.0659. The molecule has 2 rings (SSSR count). The minimum atomic E-state index is -1.22. The van der Waals surface area contributed by atoms with E-state index in [9.17, 15) is 9.59 Å². The molecule has 0 aliphatic heterocycles. The highest BCUT2D eigenvalue weighted by atomic mass is 16.5. The summed E-state index contributed by atoms with van der Waals surface area (Å²) < 4.78 is 16.0. The number of benzene rings is 1. The number of rotatable bonds is 7. The summed E-state index contributed by atoms with van der Waals surface area (Å²) in [4.78, 5) is 23.0. The Morgan fingerprint density at radius 3 is 2.32 bits per heavy atom. The first kappa shape index (κ1) is 18.4. The Bertz CT molecular complexity index is 765. The molecule has 1 aromatic carbocycles. The Hall–Kier alpha value is -2.96. The third kappa shape index (κ3) is 4.53. The fourth-order valence-corrected chi connectivity index (χ4v) is 2.23. The lowest BCUT2D eigenvalue weighted by Crippen LogP contribution is -2.26. The molecule has 1 atom stereocenters. The van der Waals surface area contributed by atoms with Crippen molar-refractivity contribution in [1.82, 2.24) is 5.32 Å². The first-order valence-electron chi connectivity index (χ1n) is 7.80. The minimum absolute atomic E-state index is 0.0132. The zero-order valence-electron chi connectivity index (χ0n) is 14.5. The maximum Gasteiger partial charge on any atom is 0.371 e. The predicted molar refractivity (Wildman–Crippen MR) is 90.3 cm³/mol. The van der Waals surface area contributed by atoms with Gasteiger partial charge in [-0.05, 0) is 50.6 Å². The second-order valence-electron chi connectivity index (χ2n) is 5.74. The van der Waals surface area contributed by atoms with E-state index in [2.05, 4.69) is 5.32 Å². The Kier molecular flexibility index (Phi) is 5.69. The van der Waals surface area contributed by atoms with Crippen LogP contribution in [0, 0.1) is 0 Å². The van der Waals surface area contributed by atoms with Gasteiger partial charge in [-0.15, -0.1) is 0 Å². The van der Waals surface area contributed by atoms with Gasteiger partial charge in [0, 0.05) is 0 Å². The number of ether oxygens (including phenoxy) is 2. The molecule has 0 radical (unpaired) electrons. The molecule has 0 aliphatic carbocycles. The van der Waals surface area contributed by atoms with E-state index < -0.39 is 11.9 Å². The van der Waals surface area contributed by atoms with Crippen molar-refractivity contribution < 1.29 is 28.6 Å². The summed E-state index contributed by atoms with van der Waals surface area (Å²) >= 11 is 0. The van der Waals surface area contributed by atoms with Crippen molar-refractivity contribution in [2.75, 3.05) is 7.11 Å². The zero-order chi connectivity index (χ0) is 18.6. The van der Waals surface area contributed by atoms with E-state index in [-0.39, 0.29) is 23.7 Å². The molecular weight excluding hydrogens is 326 g/mol. The fraction of sp³-hybridized carbons (Fsp3) is 0.333. The van der Waals surface area contributed by atoms with E-state index in [1.165, 1.54) is 12.1 Å². The number of methoxy groups -OCH3 is 1. The lowest BCUT2D eigenvalue weighted by Gasteiger charge is -2.18. The molecular formula is C18H21NO6. The van der Waals surface area contributed by atoms with E-state index in [1.54, 1.807) is 26.2 Å². The van der Waals surface area contributed by atoms with Crippen LogP contribution in [0.4, 0.5) is 0 Å². The summed E-state index contributed by atoms with van der Waals surface area (Å²) in [5.74, 6) is -0.875. The van der Waals surface area contributed by atoms with Gasteiger partial charge in [0.1, 0.15) is 0 Å². The van der Waals surface area contributed by atoms with Gasteiger partial charge in [-0.2, -0.15) is 0 Å². The lowest BCUT2D eigenvalue weighted by atomic mass is 10.1. The van der Waals surface area contributed by atoms with E-state index in [4.69, 9.17) is 19.0 Å². The van der Waals surface area contributed by atoms with Gasteiger partial charge in [0.2, 0.25) is 5.76 Å². The summed E-state index contributed by atoms with van der Waals surface area (Å²) in [5.41, 5.74) is 0.811. The Balaban J connectivity index is 2.12. The molecule has 0 spiro atoms. The predicted octanol–water partition coefficient (Wildman–Crippen LogP) is 3.26. The molecule has 0 aliphatic rings. The number of hydrogen-bond donors (Lipinski definition) is 2. The number of nitrogens with one attached hydrogen (secondary N) is 1. The smallest absolute Gasteiger partial charge is 0.371 e. The largest absolute Gasteiger partial charge is 0.493 e. The number of amides is 1. The molecule has 2 aromatic rings. The van der Waals surface area contributed by atoms with Gasteiger partial charge in [-0.1, -0.05) is 6.07 Å². The first-order valence-corrected chi connectivity index (χ1v) is 7.80. The number of carboxylic acids is 1. The van der Waals surface area contributed by atoms with Crippen LogP contribution in [0.15, 0.2) is 34.7 Å². The van der Waals surface area contributed by atoms with Gasteiger partial charge in [0.25, 0.3) is 5.91 Å². The normalized spacial score (nSPS) is 11.9. The van der Waals surface area contributed by atoms with E-state index >= 15 is 0 Å². The number of furan rings is 1. The summed E-state index contributed by atoms with van der Waals surface area (Å²) in [6.45, 7) is 5.65. The topological polar surface area (TPSA) is 98.0 Å². The van der Waals surface area contributed by atoms with Crippen LogP contribution in [0.1, 0.15) is 53.5 Å². The van der Waals surface area contributed by atoms with Gasteiger partial charge < -0.3 is 24.3 Å². The number of carbonyl (C=O) groups is 2. The number of hydrogen-bond acceptors (Lipinski definition) is 5. The van der Waals surface area contributed by atoms with Crippen molar-refractivity contribution in [1.29, 1.82) is 0 Å². The van der Waals surface area contributed by atoms with Crippen molar-refractivity contribution in [3.8, 4) is 11.5 Å². The van der Waals surface area contributed by atoms with Gasteiger partial charge in [0.15, 0.2) is 17.3 Å². The standard InChI is InChI=1S/C18H21NO6/c1-10(2)24-13-6-5-12(9-16(13)23-4)11(3)19-17(20)14-7-8-15(25-14)18(21)22/h5-11H,1-4H3,(H,19,20)(H,21,22). The second-order valence-corrected chi connectivity index (χ2v) is 5.74. The summed E-state index contributed by atoms with van der Waals surface area (Å²) in [6, 6.07) is 7.62. The number of carbonyl (C=O) groups excluding carboxylic acids is 1. The zero-order valence-corrected chi connectivity index (χ0v) is 14.5. The molecule has 25 heavy (non-hydrogen) atoms. The van der Waals surface area contributed by atoms with Crippen LogP contribution in [-0.2, 0) is 0 Å². The quantitative estimate of drug-likeness (QED) is 0.798.